The number of nitrogen functional groups attached to an aromatic ring is 1. The second-order valence-electron chi connectivity index (χ2n) is 4.12. The third kappa shape index (κ3) is 2.23. The highest BCUT2D eigenvalue weighted by Crippen LogP contribution is 2.27. The predicted molar refractivity (Wildman–Crippen MR) is 60.6 cm³/mol. The van der Waals surface area contributed by atoms with Crippen molar-refractivity contribution in [3.63, 3.8) is 0 Å². The van der Waals surface area contributed by atoms with E-state index in [0.29, 0.717) is 17.4 Å². The van der Waals surface area contributed by atoms with Crippen LogP contribution in [0.1, 0.15) is 18.5 Å². The minimum absolute atomic E-state index is 0.138. The fourth-order valence-electron chi connectivity index (χ4n) is 1.77. The zero-order valence-corrected chi connectivity index (χ0v) is 8.85. The maximum absolute atomic E-state index is 9.13. The van der Waals surface area contributed by atoms with Gasteiger partial charge in [-0.05, 0) is 30.9 Å². The molecule has 0 amide bonds. The van der Waals surface area contributed by atoms with E-state index < -0.39 is 0 Å². The topological polar surface area (TPSA) is 95.0 Å². The molecule has 2 rings (SSSR count). The van der Waals surface area contributed by atoms with E-state index in [1.165, 1.54) is 0 Å². The Bertz CT molecular complexity index is 420. The molecule has 0 radical (unpaired) electrons. The Balaban J connectivity index is 1.92. The van der Waals surface area contributed by atoms with Gasteiger partial charge in [-0.15, -0.1) is 0 Å². The van der Waals surface area contributed by atoms with E-state index in [0.717, 1.165) is 19.4 Å². The van der Waals surface area contributed by atoms with Crippen molar-refractivity contribution in [3.8, 4) is 6.07 Å². The number of nitriles is 1. The second-order valence-corrected chi connectivity index (χ2v) is 4.12. The summed E-state index contributed by atoms with van der Waals surface area (Å²) in [7, 11) is 0. The highest BCUT2D eigenvalue weighted by atomic mass is 16.3. The summed E-state index contributed by atoms with van der Waals surface area (Å²) in [5.74, 6) is 1.16. The average Bonchev–Trinajstić information content (AvgIpc) is 2.24. The quantitative estimate of drug-likeness (QED) is 0.694. The molecule has 5 heteroatoms. The minimum atomic E-state index is -0.138. The third-order valence-corrected chi connectivity index (χ3v) is 2.82. The van der Waals surface area contributed by atoms with E-state index in [-0.39, 0.29) is 11.8 Å². The van der Waals surface area contributed by atoms with Crippen molar-refractivity contribution in [3.05, 3.63) is 17.8 Å². The van der Waals surface area contributed by atoms with Crippen LogP contribution in [0.15, 0.2) is 12.1 Å². The Morgan fingerprint density at radius 1 is 1.56 bits per heavy atom. The first-order valence-corrected chi connectivity index (χ1v) is 5.27. The lowest BCUT2D eigenvalue weighted by Gasteiger charge is -2.31. The van der Waals surface area contributed by atoms with Gasteiger partial charge in [-0.3, -0.25) is 0 Å². The molecule has 1 heterocycles. The maximum Gasteiger partial charge on any atom is 0.165 e. The summed E-state index contributed by atoms with van der Waals surface area (Å²) >= 11 is 0. The number of hydrogen-bond acceptors (Lipinski definition) is 5. The van der Waals surface area contributed by atoms with E-state index in [9.17, 15) is 0 Å². The number of nitrogens with two attached hydrogens (primary N) is 1. The molecule has 0 aliphatic heterocycles. The number of aliphatic hydroxyl groups excluding tert-OH is 1. The van der Waals surface area contributed by atoms with Gasteiger partial charge in [0.15, 0.2) is 5.69 Å². The van der Waals surface area contributed by atoms with Crippen molar-refractivity contribution in [1.82, 2.24) is 4.98 Å². The van der Waals surface area contributed by atoms with E-state index >= 15 is 0 Å². The predicted octanol–water partition coefficient (Wildman–Crippen LogP) is 0.718. The van der Waals surface area contributed by atoms with Gasteiger partial charge in [-0.25, -0.2) is 4.98 Å². The molecule has 1 fully saturated rings. The molecule has 16 heavy (non-hydrogen) atoms. The standard InChI is InChI=1S/C11H14N4O/c12-5-10-9(13)1-2-11(15-10)14-6-7-3-8(16)4-7/h1-2,7-8,16H,3-4,6,13H2,(H,14,15). The molecule has 1 aliphatic rings. The molecule has 4 N–H and O–H groups in total. The lowest BCUT2D eigenvalue weighted by molar-refractivity contribution is 0.0486. The summed E-state index contributed by atoms with van der Waals surface area (Å²) in [5.41, 5.74) is 6.21. The Morgan fingerprint density at radius 3 is 2.94 bits per heavy atom. The number of pyridine rings is 1. The number of rotatable bonds is 3. The molecule has 84 valence electrons. The van der Waals surface area contributed by atoms with Crippen molar-refractivity contribution in [2.45, 2.75) is 18.9 Å². The number of nitrogens with zero attached hydrogens (tertiary/aromatic N) is 2. The van der Waals surface area contributed by atoms with Gasteiger partial charge < -0.3 is 16.2 Å². The lowest BCUT2D eigenvalue weighted by atomic mass is 9.82. The highest BCUT2D eigenvalue weighted by Gasteiger charge is 2.26. The Kier molecular flexibility index (Phi) is 2.93. The van der Waals surface area contributed by atoms with E-state index in [1.54, 1.807) is 12.1 Å². The second kappa shape index (κ2) is 4.37. The monoisotopic (exact) mass is 218 g/mol. The van der Waals surface area contributed by atoms with Crippen LogP contribution in [0.4, 0.5) is 11.5 Å². The van der Waals surface area contributed by atoms with Gasteiger partial charge in [-0.1, -0.05) is 0 Å². The zero-order chi connectivity index (χ0) is 11.5. The van der Waals surface area contributed by atoms with Gasteiger partial charge in [0, 0.05) is 6.54 Å². The van der Waals surface area contributed by atoms with Gasteiger partial charge in [-0.2, -0.15) is 5.26 Å². The van der Waals surface area contributed by atoms with Crippen LogP contribution in [-0.4, -0.2) is 22.7 Å². The average molecular weight is 218 g/mol. The molecule has 0 saturated heterocycles. The highest BCUT2D eigenvalue weighted by molar-refractivity contribution is 5.54. The maximum atomic E-state index is 9.13. The van der Waals surface area contributed by atoms with Crippen LogP contribution < -0.4 is 11.1 Å². The lowest BCUT2D eigenvalue weighted by Crippen LogP contribution is -2.33. The molecule has 1 aromatic rings. The summed E-state index contributed by atoms with van der Waals surface area (Å²) in [6.45, 7) is 0.777. The first-order chi connectivity index (χ1) is 7.69. The van der Waals surface area contributed by atoms with Crippen molar-refractivity contribution in [1.29, 1.82) is 5.26 Å². The summed E-state index contributed by atoms with van der Waals surface area (Å²) in [5, 5.41) is 21.0. The summed E-state index contributed by atoms with van der Waals surface area (Å²) in [6, 6.07) is 5.37. The fourth-order valence-corrected chi connectivity index (χ4v) is 1.77. The van der Waals surface area contributed by atoms with Crippen molar-refractivity contribution < 1.29 is 5.11 Å². The largest absolute Gasteiger partial charge is 0.396 e. The summed E-state index contributed by atoms with van der Waals surface area (Å²) in [4.78, 5) is 4.08. The van der Waals surface area contributed by atoms with E-state index in [2.05, 4.69) is 10.3 Å². The SMILES string of the molecule is N#Cc1nc(NCC2CC(O)C2)ccc1N. The molecule has 0 atom stereocenters. The van der Waals surface area contributed by atoms with Gasteiger partial charge in [0.2, 0.25) is 0 Å². The van der Waals surface area contributed by atoms with E-state index in [1.807, 2.05) is 6.07 Å². The summed E-state index contributed by atoms with van der Waals surface area (Å²) in [6.07, 6.45) is 1.54. The molecule has 0 spiro atoms. The van der Waals surface area contributed by atoms with Crippen LogP contribution in [0, 0.1) is 17.2 Å². The van der Waals surface area contributed by atoms with Crippen LogP contribution in [0.3, 0.4) is 0 Å². The molecule has 1 aromatic heterocycles. The van der Waals surface area contributed by atoms with Gasteiger partial charge in [0.05, 0.1) is 11.8 Å². The molecular formula is C11H14N4O. The molecule has 5 nitrogen and oxygen atoms in total. The third-order valence-electron chi connectivity index (χ3n) is 2.82. The molecule has 0 bridgehead atoms. The fraction of sp³-hybridized carbons (Fsp3) is 0.455. The number of anilines is 2. The molecule has 0 aromatic carbocycles. The number of hydrogen-bond donors (Lipinski definition) is 3. The normalized spacial score (nSPS) is 23.2. The van der Waals surface area contributed by atoms with Crippen LogP contribution >= 0.6 is 0 Å². The van der Waals surface area contributed by atoms with Crippen LogP contribution in [0.5, 0.6) is 0 Å². The Labute approximate surface area is 93.9 Å². The first kappa shape index (κ1) is 10.7. The molecule has 0 unspecified atom stereocenters. The Morgan fingerprint density at radius 2 is 2.31 bits per heavy atom. The zero-order valence-electron chi connectivity index (χ0n) is 8.85. The molecule has 1 saturated carbocycles. The van der Waals surface area contributed by atoms with Gasteiger partial charge >= 0.3 is 0 Å². The summed E-state index contributed by atoms with van der Waals surface area (Å²) < 4.78 is 0. The van der Waals surface area contributed by atoms with Crippen molar-refractivity contribution in [2.24, 2.45) is 5.92 Å². The van der Waals surface area contributed by atoms with Crippen LogP contribution in [0.25, 0.3) is 0 Å². The van der Waals surface area contributed by atoms with Gasteiger partial charge in [0.25, 0.3) is 0 Å². The number of nitrogens with one attached hydrogen (secondary N) is 1. The number of aromatic nitrogens is 1. The van der Waals surface area contributed by atoms with Gasteiger partial charge in [0.1, 0.15) is 11.9 Å². The van der Waals surface area contributed by atoms with Crippen LogP contribution in [0.2, 0.25) is 0 Å². The Hall–Kier alpha value is -1.80. The molecular weight excluding hydrogens is 204 g/mol. The van der Waals surface area contributed by atoms with E-state index in [4.69, 9.17) is 16.1 Å². The smallest absolute Gasteiger partial charge is 0.165 e. The number of aliphatic hydroxyl groups is 1. The van der Waals surface area contributed by atoms with Crippen LogP contribution in [-0.2, 0) is 0 Å². The minimum Gasteiger partial charge on any atom is -0.396 e. The first-order valence-electron chi connectivity index (χ1n) is 5.27. The molecule has 1 aliphatic carbocycles. The van der Waals surface area contributed by atoms with Crippen molar-refractivity contribution in [2.75, 3.05) is 17.6 Å². The van der Waals surface area contributed by atoms with Crippen molar-refractivity contribution >= 4 is 11.5 Å².